The van der Waals surface area contributed by atoms with Gasteiger partial charge in [0.05, 0.1) is 15.8 Å². The van der Waals surface area contributed by atoms with Crippen molar-refractivity contribution in [3.63, 3.8) is 0 Å². The van der Waals surface area contributed by atoms with Crippen LogP contribution in [-0.4, -0.2) is 37.8 Å². The van der Waals surface area contributed by atoms with Crippen LogP contribution in [0.1, 0.15) is 31.2 Å². The zero-order valence-electron chi connectivity index (χ0n) is 12.0. The molecule has 2 heterocycles. The molecule has 0 bridgehead atoms. The lowest BCUT2D eigenvalue weighted by Gasteiger charge is -2.33. The average Bonchev–Trinajstić information content (AvgIpc) is 3.33. The number of rotatable bonds is 4. The van der Waals surface area contributed by atoms with Crippen molar-refractivity contribution in [1.29, 1.82) is 5.26 Å². The minimum atomic E-state index is -3.13. The maximum atomic E-state index is 11.9. The quantitative estimate of drug-likeness (QED) is 0.900. The van der Waals surface area contributed by atoms with Gasteiger partial charge in [-0.25, -0.2) is 18.1 Å². The zero-order chi connectivity index (χ0) is 15.7. The molecule has 1 N–H and O–H groups in total. The largest absolute Gasteiger partial charge is 0.355 e. The molecule has 1 aliphatic carbocycles. The first-order valence-corrected chi connectivity index (χ1v) is 9.24. The van der Waals surface area contributed by atoms with Crippen molar-refractivity contribution in [3.8, 4) is 6.07 Å². The Bertz CT molecular complexity index is 704. The van der Waals surface area contributed by atoms with Gasteiger partial charge in [-0.3, -0.25) is 0 Å². The Hall–Kier alpha value is -1.36. The van der Waals surface area contributed by atoms with Gasteiger partial charge in [0.1, 0.15) is 11.9 Å². The molecule has 3 rings (SSSR count). The molecule has 8 heteroatoms. The van der Waals surface area contributed by atoms with Crippen LogP contribution < -0.4 is 9.62 Å². The van der Waals surface area contributed by atoms with E-state index in [2.05, 4.69) is 9.71 Å². The van der Waals surface area contributed by atoms with E-state index in [-0.39, 0.29) is 11.3 Å². The second-order valence-electron chi connectivity index (χ2n) is 5.76. The fourth-order valence-electron chi connectivity index (χ4n) is 2.64. The third-order valence-electron chi connectivity index (χ3n) is 4.04. The summed E-state index contributed by atoms with van der Waals surface area (Å²) >= 11 is 6.17. The third kappa shape index (κ3) is 3.35. The maximum absolute atomic E-state index is 11.9. The Morgan fingerprint density at radius 1 is 1.32 bits per heavy atom. The number of anilines is 1. The number of aromatic nitrogens is 1. The Balaban J connectivity index is 1.61. The van der Waals surface area contributed by atoms with Gasteiger partial charge in [-0.2, -0.15) is 5.26 Å². The Morgan fingerprint density at radius 2 is 2.00 bits per heavy atom. The van der Waals surface area contributed by atoms with Crippen LogP contribution in [0.3, 0.4) is 0 Å². The molecule has 1 saturated carbocycles. The lowest BCUT2D eigenvalue weighted by atomic mass is 10.1. The van der Waals surface area contributed by atoms with Crippen LogP contribution >= 0.6 is 11.6 Å². The zero-order valence-corrected chi connectivity index (χ0v) is 13.6. The molecule has 0 amide bonds. The summed E-state index contributed by atoms with van der Waals surface area (Å²) in [4.78, 5) is 6.28. The highest BCUT2D eigenvalue weighted by Gasteiger charge is 2.37. The Morgan fingerprint density at radius 3 is 2.55 bits per heavy atom. The summed E-state index contributed by atoms with van der Waals surface area (Å²) in [5.74, 6) is 0.657. The third-order valence-corrected chi connectivity index (χ3v) is 6.33. The van der Waals surface area contributed by atoms with Crippen LogP contribution in [0.15, 0.2) is 12.3 Å². The molecule has 0 radical (unpaired) electrons. The fourth-order valence-corrected chi connectivity index (χ4v) is 4.58. The summed E-state index contributed by atoms with van der Waals surface area (Å²) < 4.78 is 26.7. The van der Waals surface area contributed by atoms with E-state index in [1.807, 2.05) is 11.0 Å². The first kappa shape index (κ1) is 15.5. The molecule has 1 aromatic rings. The molecule has 0 aromatic carbocycles. The van der Waals surface area contributed by atoms with Gasteiger partial charge in [-0.1, -0.05) is 11.6 Å². The van der Waals surface area contributed by atoms with Gasteiger partial charge in [-0.05, 0) is 31.7 Å². The van der Waals surface area contributed by atoms with Crippen LogP contribution in [-0.2, 0) is 10.0 Å². The van der Waals surface area contributed by atoms with E-state index >= 15 is 0 Å². The van der Waals surface area contributed by atoms with Gasteiger partial charge in [-0.15, -0.1) is 0 Å². The number of sulfonamides is 1. The van der Waals surface area contributed by atoms with Crippen molar-refractivity contribution < 1.29 is 8.42 Å². The van der Waals surface area contributed by atoms with Crippen LogP contribution in [0.2, 0.25) is 5.02 Å². The maximum Gasteiger partial charge on any atom is 0.214 e. The summed E-state index contributed by atoms with van der Waals surface area (Å²) in [6, 6.07) is 3.59. The number of halogens is 1. The molecule has 0 atom stereocenters. The number of hydrogen-bond acceptors (Lipinski definition) is 5. The first-order chi connectivity index (χ1) is 10.5. The molecule has 2 aliphatic rings. The van der Waals surface area contributed by atoms with Crippen molar-refractivity contribution in [2.75, 3.05) is 18.0 Å². The number of nitrogens with one attached hydrogen (secondary N) is 1. The molecule has 0 spiro atoms. The molecule has 2 fully saturated rings. The minimum Gasteiger partial charge on any atom is -0.355 e. The molecule has 0 unspecified atom stereocenters. The fraction of sp³-hybridized carbons (Fsp3) is 0.571. The standard InChI is InChI=1S/C14H17ClN4O2S/c15-13-7-10(8-16)9-17-14(13)19-5-3-11(4-6-19)18-22(20,21)12-1-2-12/h7,9,11-12,18H,1-6H2. The second-order valence-corrected chi connectivity index (χ2v) is 8.16. The monoisotopic (exact) mass is 340 g/mol. The lowest BCUT2D eigenvalue weighted by Crippen LogP contribution is -2.45. The molecule has 6 nitrogen and oxygen atoms in total. The highest BCUT2D eigenvalue weighted by Crippen LogP contribution is 2.30. The van der Waals surface area contributed by atoms with Gasteiger partial charge in [0.25, 0.3) is 0 Å². The van der Waals surface area contributed by atoms with Crippen molar-refractivity contribution >= 4 is 27.4 Å². The van der Waals surface area contributed by atoms with Crippen LogP contribution in [0.5, 0.6) is 0 Å². The SMILES string of the molecule is N#Cc1cnc(N2CCC(NS(=O)(=O)C3CC3)CC2)c(Cl)c1. The van der Waals surface area contributed by atoms with Gasteiger partial charge in [0, 0.05) is 25.3 Å². The van der Waals surface area contributed by atoms with Gasteiger partial charge >= 0.3 is 0 Å². The Labute approximate surface area is 135 Å². The number of hydrogen-bond donors (Lipinski definition) is 1. The predicted octanol–water partition coefficient (Wildman–Crippen LogP) is 1.66. The molecular formula is C14H17ClN4O2S. The average molecular weight is 341 g/mol. The summed E-state index contributed by atoms with van der Waals surface area (Å²) in [6.45, 7) is 1.38. The molecule has 1 aromatic heterocycles. The second kappa shape index (κ2) is 6.03. The van der Waals surface area contributed by atoms with Crippen molar-refractivity contribution in [2.24, 2.45) is 0 Å². The van der Waals surface area contributed by atoms with Crippen molar-refractivity contribution in [1.82, 2.24) is 9.71 Å². The number of pyridine rings is 1. The van der Waals surface area contributed by atoms with Gasteiger partial charge in [0.15, 0.2) is 0 Å². The molecule has 22 heavy (non-hydrogen) atoms. The van der Waals surface area contributed by atoms with Crippen LogP contribution in [0.4, 0.5) is 5.82 Å². The van der Waals surface area contributed by atoms with E-state index in [4.69, 9.17) is 16.9 Å². The highest BCUT2D eigenvalue weighted by molar-refractivity contribution is 7.90. The van der Waals surface area contributed by atoms with E-state index in [0.717, 1.165) is 25.7 Å². The van der Waals surface area contributed by atoms with Gasteiger partial charge in [0.2, 0.25) is 10.0 Å². The number of piperidine rings is 1. The summed E-state index contributed by atoms with van der Waals surface area (Å²) in [5.41, 5.74) is 0.431. The molecular weight excluding hydrogens is 324 g/mol. The van der Waals surface area contributed by atoms with Crippen molar-refractivity contribution in [2.45, 2.75) is 37.0 Å². The topological polar surface area (TPSA) is 86.1 Å². The van der Waals surface area contributed by atoms with Gasteiger partial charge < -0.3 is 4.90 Å². The normalized spacial score (nSPS) is 19.9. The predicted molar refractivity (Wildman–Crippen MR) is 84.3 cm³/mol. The number of nitrogens with zero attached hydrogens (tertiary/aromatic N) is 3. The van der Waals surface area contributed by atoms with E-state index in [1.54, 1.807) is 6.07 Å². The summed E-state index contributed by atoms with van der Waals surface area (Å²) in [5, 5.41) is 9.10. The summed E-state index contributed by atoms with van der Waals surface area (Å²) in [6.07, 6.45) is 4.51. The number of nitriles is 1. The van der Waals surface area contributed by atoms with Crippen molar-refractivity contribution in [3.05, 3.63) is 22.8 Å². The van der Waals surface area contributed by atoms with E-state index < -0.39 is 10.0 Å². The highest BCUT2D eigenvalue weighted by atomic mass is 35.5. The first-order valence-electron chi connectivity index (χ1n) is 7.31. The Kier molecular flexibility index (Phi) is 4.26. The molecule has 1 saturated heterocycles. The van der Waals surface area contributed by atoms with E-state index in [9.17, 15) is 8.42 Å². The van der Waals surface area contributed by atoms with E-state index in [0.29, 0.717) is 29.5 Å². The smallest absolute Gasteiger partial charge is 0.214 e. The minimum absolute atomic E-state index is 0.0148. The summed E-state index contributed by atoms with van der Waals surface area (Å²) in [7, 11) is -3.13. The van der Waals surface area contributed by atoms with Crippen LogP contribution in [0, 0.1) is 11.3 Å². The van der Waals surface area contributed by atoms with Crippen LogP contribution in [0.25, 0.3) is 0 Å². The lowest BCUT2D eigenvalue weighted by molar-refractivity contribution is 0.458. The molecule has 1 aliphatic heterocycles. The molecule has 118 valence electrons. The van der Waals surface area contributed by atoms with E-state index in [1.165, 1.54) is 6.20 Å².